The van der Waals surface area contributed by atoms with Gasteiger partial charge in [-0.1, -0.05) is 6.92 Å². The van der Waals surface area contributed by atoms with Gasteiger partial charge in [0.25, 0.3) is 0 Å². The number of primary amides is 1. The van der Waals surface area contributed by atoms with Crippen LogP contribution in [0.3, 0.4) is 0 Å². The average molecular weight is 252 g/mol. The molecule has 6 heteroatoms. The maximum Gasteiger partial charge on any atom is 0.225 e. The second-order valence-electron chi connectivity index (χ2n) is 3.92. The lowest BCUT2D eigenvalue weighted by molar-refractivity contribution is -0.118. The summed E-state index contributed by atoms with van der Waals surface area (Å²) in [6.45, 7) is 3.40. The van der Waals surface area contributed by atoms with E-state index in [2.05, 4.69) is 15.3 Å². The van der Waals surface area contributed by atoms with E-state index in [1.807, 2.05) is 6.92 Å². The number of hydrogen-bond donors (Lipinski definition) is 2. The quantitative estimate of drug-likeness (QED) is 0.647. The number of hydrogen-bond acceptors (Lipinski definition) is 5. The number of rotatable bonds is 9. The van der Waals surface area contributed by atoms with Crippen LogP contribution in [-0.2, 0) is 4.79 Å². The molecule has 0 aromatic carbocycles. The number of amides is 1. The van der Waals surface area contributed by atoms with Crippen LogP contribution in [0.15, 0.2) is 12.3 Å². The summed E-state index contributed by atoms with van der Waals surface area (Å²) in [5.74, 6) is 0.857. The number of aromatic nitrogens is 2. The van der Waals surface area contributed by atoms with E-state index >= 15 is 0 Å². The zero-order valence-electron chi connectivity index (χ0n) is 10.7. The lowest BCUT2D eigenvalue weighted by Crippen LogP contribution is -2.11. The molecular weight excluding hydrogens is 232 g/mol. The van der Waals surface area contributed by atoms with Crippen molar-refractivity contribution in [1.29, 1.82) is 0 Å². The first kappa shape index (κ1) is 14.2. The highest BCUT2D eigenvalue weighted by Gasteiger charge is 1.99. The molecule has 6 nitrogen and oxygen atoms in total. The summed E-state index contributed by atoms with van der Waals surface area (Å²) in [7, 11) is 0. The summed E-state index contributed by atoms with van der Waals surface area (Å²) in [6, 6.07) is 1.73. The number of nitrogens with zero attached hydrogens (tertiary/aromatic N) is 2. The molecule has 100 valence electrons. The highest BCUT2D eigenvalue weighted by molar-refractivity contribution is 5.73. The molecule has 0 aliphatic heterocycles. The molecule has 0 fully saturated rings. The van der Waals surface area contributed by atoms with Gasteiger partial charge >= 0.3 is 0 Å². The zero-order chi connectivity index (χ0) is 13.2. The van der Waals surface area contributed by atoms with Crippen LogP contribution >= 0.6 is 0 Å². The number of nitrogens with one attached hydrogen (secondary N) is 1. The van der Waals surface area contributed by atoms with Crippen molar-refractivity contribution in [3.63, 3.8) is 0 Å². The summed E-state index contributed by atoms with van der Waals surface area (Å²) >= 11 is 0. The van der Waals surface area contributed by atoms with Gasteiger partial charge in [-0.25, -0.2) is 4.98 Å². The maximum atomic E-state index is 10.5. The molecule has 0 spiro atoms. The third-order valence-corrected chi connectivity index (χ3v) is 2.22. The molecule has 1 amide bonds. The van der Waals surface area contributed by atoms with Crippen molar-refractivity contribution in [2.45, 2.75) is 32.6 Å². The van der Waals surface area contributed by atoms with Gasteiger partial charge in [-0.05, 0) is 19.3 Å². The Morgan fingerprint density at radius 1 is 1.50 bits per heavy atom. The fourth-order valence-corrected chi connectivity index (χ4v) is 1.34. The SMILES string of the molecule is CCCOc1ccnc(NCCCCC(N)=O)n1. The molecule has 1 heterocycles. The summed E-state index contributed by atoms with van der Waals surface area (Å²) in [4.78, 5) is 18.8. The van der Waals surface area contributed by atoms with Gasteiger partial charge in [-0.3, -0.25) is 4.79 Å². The Hall–Kier alpha value is -1.85. The predicted molar refractivity (Wildman–Crippen MR) is 69.4 cm³/mol. The number of ether oxygens (including phenoxy) is 1. The van der Waals surface area contributed by atoms with Crippen LogP contribution in [0.25, 0.3) is 0 Å². The number of anilines is 1. The van der Waals surface area contributed by atoms with Crippen molar-refractivity contribution in [2.24, 2.45) is 5.73 Å². The predicted octanol–water partition coefficient (Wildman–Crippen LogP) is 1.33. The molecular formula is C12H20N4O2. The van der Waals surface area contributed by atoms with Crippen molar-refractivity contribution >= 4 is 11.9 Å². The third kappa shape index (κ3) is 6.03. The molecule has 0 atom stereocenters. The molecule has 0 aliphatic carbocycles. The number of nitrogens with two attached hydrogens (primary N) is 1. The van der Waals surface area contributed by atoms with Gasteiger partial charge in [-0.15, -0.1) is 0 Å². The normalized spacial score (nSPS) is 10.1. The molecule has 1 rings (SSSR count). The van der Waals surface area contributed by atoms with Gasteiger partial charge in [0.05, 0.1) is 6.61 Å². The van der Waals surface area contributed by atoms with E-state index < -0.39 is 0 Å². The van der Waals surface area contributed by atoms with E-state index in [1.165, 1.54) is 0 Å². The van der Waals surface area contributed by atoms with Crippen molar-refractivity contribution < 1.29 is 9.53 Å². The third-order valence-electron chi connectivity index (χ3n) is 2.22. The van der Waals surface area contributed by atoms with Gasteiger partial charge in [0.15, 0.2) is 0 Å². The zero-order valence-corrected chi connectivity index (χ0v) is 10.7. The van der Waals surface area contributed by atoms with E-state index in [1.54, 1.807) is 12.3 Å². The van der Waals surface area contributed by atoms with Crippen molar-refractivity contribution in [1.82, 2.24) is 9.97 Å². The maximum absolute atomic E-state index is 10.5. The summed E-state index contributed by atoms with van der Waals surface area (Å²) in [6.07, 6.45) is 4.65. The Morgan fingerprint density at radius 3 is 3.06 bits per heavy atom. The number of carbonyl (C=O) groups excluding carboxylic acids is 1. The molecule has 3 N–H and O–H groups in total. The first-order chi connectivity index (χ1) is 8.72. The van der Waals surface area contributed by atoms with Crippen LogP contribution in [0.1, 0.15) is 32.6 Å². The standard InChI is InChI=1S/C12H20N4O2/c1-2-9-18-11-6-8-15-12(16-11)14-7-4-3-5-10(13)17/h6,8H,2-5,7,9H2,1H3,(H2,13,17)(H,14,15,16). The van der Waals surface area contributed by atoms with Gasteiger partial charge in [0.2, 0.25) is 17.7 Å². The van der Waals surface area contributed by atoms with Crippen LogP contribution in [-0.4, -0.2) is 29.0 Å². The highest BCUT2D eigenvalue weighted by Crippen LogP contribution is 2.08. The number of carbonyl (C=O) groups is 1. The molecule has 0 saturated heterocycles. The molecule has 0 radical (unpaired) electrons. The highest BCUT2D eigenvalue weighted by atomic mass is 16.5. The van der Waals surface area contributed by atoms with Crippen LogP contribution in [0.4, 0.5) is 5.95 Å². The molecule has 0 bridgehead atoms. The summed E-state index contributed by atoms with van der Waals surface area (Å²) in [5.41, 5.74) is 5.05. The lowest BCUT2D eigenvalue weighted by Gasteiger charge is -2.06. The van der Waals surface area contributed by atoms with Crippen molar-refractivity contribution in [2.75, 3.05) is 18.5 Å². The second-order valence-corrected chi connectivity index (χ2v) is 3.92. The minimum Gasteiger partial charge on any atom is -0.478 e. The Bertz CT molecular complexity index is 371. The Balaban J connectivity index is 2.26. The fourth-order valence-electron chi connectivity index (χ4n) is 1.34. The van der Waals surface area contributed by atoms with Gasteiger partial charge in [-0.2, -0.15) is 4.98 Å². The Kier molecular flexibility index (Phi) is 6.53. The van der Waals surface area contributed by atoms with Crippen molar-refractivity contribution in [3.8, 4) is 5.88 Å². The smallest absolute Gasteiger partial charge is 0.225 e. The van der Waals surface area contributed by atoms with Gasteiger partial charge in [0.1, 0.15) is 0 Å². The molecule has 1 aromatic rings. The molecule has 1 aromatic heterocycles. The minimum atomic E-state index is -0.263. The largest absolute Gasteiger partial charge is 0.478 e. The molecule has 0 aliphatic rings. The second kappa shape index (κ2) is 8.27. The molecule has 0 unspecified atom stereocenters. The average Bonchev–Trinajstić information content (AvgIpc) is 2.36. The molecule has 18 heavy (non-hydrogen) atoms. The lowest BCUT2D eigenvalue weighted by atomic mass is 10.2. The van der Waals surface area contributed by atoms with Crippen LogP contribution < -0.4 is 15.8 Å². The Labute approximate surface area is 107 Å². The van der Waals surface area contributed by atoms with Crippen LogP contribution in [0, 0.1) is 0 Å². The fraction of sp³-hybridized carbons (Fsp3) is 0.583. The van der Waals surface area contributed by atoms with E-state index in [0.717, 1.165) is 19.3 Å². The minimum absolute atomic E-state index is 0.263. The van der Waals surface area contributed by atoms with E-state index in [9.17, 15) is 4.79 Å². The van der Waals surface area contributed by atoms with E-state index in [-0.39, 0.29) is 5.91 Å². The van der Waals surface area contributed by atoms with E-state index in [4.69, 9.17) is 10.5 Å². The monoisotopic (exact) mass is 252 g/mol. The van der Waals surface area contributed by atoms with Crippen molar-refractivity contribution in [3.05, 3.63) is 12.3 Å². The number of unbranched alkanes of at least 4 members (excludes halogenated alkanes) is 1. The van der Waals surface area contributed by atoms with Crippen LogP contribution in [0.2, 0.25) is 0 Å². The van der Waals surface area contributed by atoms with E-state index in [0.29, 0.717) is 31.4 Å². The topological polar surface area (TPSA) is 90.1 Å². The van der Waals surface area contributed by atoms with Crippen LogP contribution in [0.5, 0.6) is 5.88 Å². The Morgan fingerprint density at radius 2 is 2.33 bits per heavy atom. The summed E-state index contributed by atoms with van der Waals surface area (Å²) in [5, 5.41) is 3.08. The first-order valence-corrected chi connectivity index (χ1v) is 6.20. The van der Waals surface area contributed by atoms with Gasteiger partial charge < -0.3 is 15.8 Å². The first-order valence-electron chi connectivity index (χ1n) is 6.20. The van der Waals surface area contributed by atoms with Gasteiger partial charge in [0, 0.05) is 25.2 Å². The summed E-state index contributed by atoms with van der Waals surface area (Å²) < 4.78 is 5.40. The molecule has 0 saturated carbocycles.